The number of nitrogens with zero attached hydrogens (tertiary/aromatic N) is 3. The van der Waals surface area contributed by atoms with Gasteiger partial charge in [0.2, 0.25) is 11.6 Å². The summed E-state index contributed by atoms with van der Waals surface area (Å²) in [5.41, 5.74) is 6.28. The number of rotatable bonds is 5. The molecule has 0 saturated heterocycles. The Balaban J connectivity index is 2.63. The minimum atomic E-state index is -6.24. The first-order chi connectivity index (χ1) is 12.5. The van der Waals surface area contributed by atoms with E-state index in [2.05, 4.69) is 21.7 Å². The summed E-state index contributed by atoms with van der Waals surface area (Å²) in [6.07, 6.45) is -6.24. The van der Waals surface area contributed by atoms with Crippen molar-refractivity contribution in [1.82, 2.24) is 14.8 Å². The normalized spacial score (nSPS) is 13.8. The summed E-state index contributed by atoms with van der Waals surface area (Å²) in [6, 6.07) is 3.78. The van der Waals surface area contributed by atoms with Crippen molar-refractivity contribution in [3.8, 4) is 0 Å². The third-order valence-electron chi connectivity index (χ3n) is 3.61. The summed E-state index contributed by atoms with van der Waals surface area (Å²) in [5.74, 6) is -15.7. The zero-order valence-corrected chi connectivity index (χ0v) is 14.4. The average molecular weight is 441 g/mol. The summed E-state index contributed by atoms with van der Waals surface area (Å²) in [5, 5.41) is -2.63. The topological polar surface area (TPSA) is 56.7 Å². The van der Waals surface area contributed by atoms with Gasteiger partial charge in [-0.15, -0.1) is 5.10 Å². The van der Waals surface area contributed by atoms with E-state index in [-0.39, 0.29) is 15.9 Å². The largest absolute Gasteiger partial charge is 0.461 e. The second-order valence-corrected chi connectivity index (χ2v) is 6.23. The van der Waals surface area contributed by atoms with Gasteiger partial charge in [0.25, 0.3) is 0 Å². The van der Waals surface area contributed by atoms with Gasteiger partial charge in [0.05, 0.1) is 6.54 Å². The molecule has 1 aromatic carbocycles. The number of halogens is 10. The third kappa shape index (κ3) is 3.84. The van der Waals surface area contributed by atoms with Crippen molar-refractivity contribution in [2.24, 2.45) is 0 Å². The van der Waals surface area contributed by atoms with Crippen LogP contribution in [0.5, 0.6) is 0 Å². The molecule has 2 aromatic rings. The van der Waals surface area contributed by atoms with Crippen molar-refractivity contribution >= 4 is 17.3 Å². The predicted molar refractivity (Wildman–Crippen MR) is 79.4 cm³/mol. The van der Waals surface area contributed by atoms with Crippen LogP contribution in [0.3, 0.4) is 0 Å². The second-order valence-electron chi connectivity index (χ2n) is 5.75. The van der Waals surface area contributed by atoms with Gasteiger partial charge in [0.15, 0.2) is 0 Å². The molecule has 0 radical (unpaired) electrons. The van der Waals surface area contributed by atoms with E-state index in [1.807, 2.05) is 0 Å². The molecule has 0 fully saturated rings. The van der Waals surface area contributed by atoms with Gasteiger partial charge in [-0.25, -0.2) is 9.67 Å². The zero-order chi connectivity index (χ0) is 21.7. The van der Waals surface area contributed by atoms with Gasteiger partial charge in [-0.05, 0) is 35.7 Å². The van der Waals surface area contributed by atoms with Gasteiger partial charge in [-0.1, -0.05) is 12.1 Å². The molecule has 0 amide bonds. The van der Waals surface area contributed by atoms with E-state index >= 15 is 0 Å². The summed E-state index contributed by atoms with van der Waals surface area (Å²) in [4.78, 5) is 2.37. The van der Waals surface area contributed by atoms with Crippen molar-refractivity contribution in [2.45, 2.75) is 36.9 Å². The van der Waals surface area contributed by atoms with E-state index in [1.165, 1.54) is 25.1 Å². The number of nitrogen functional groups attached to an aromatic ring is 1. The van der Waals surface area contributed by atoms with Gasteiger partial charge in [0, 0.05) is 5.69 Å². The maximum Gasteiger partial charge on any atom is 0.461 e. The van der Waals surface area contributed by atoms with Crippen LogP contribution in [0.4, 0.5) is 45.2 Å². The van der Waals surface area contributed by atoms with Gasteiger partial charge in [-0.2, -0.15) is 39.5 Å². The van der Waals surface area contributed by atoms with E-state index in [4.69, 9.17) is 5.73 Å². The molecular weight excluding hydrogens is 431 g/mol. The Labute approximate surface area is 156 Å². The number of benzene rings is 1. The Morgan fingerprint density at radius 3 is 2.04 bits per heavy atom. The van der Waals surface area contributed by atoms with Crippen molar-refractivity contribution < 1.29 is 39.5 Å². The molecular formula is C14H10ClF9N4. The smallest absolute Gasteiger partial charge is 0.399 e. The summed E-state index contributed by atoms with van der Waals surface area (Å²) >= 11 is 4.30. The third-order valence-corrected chi connectivity index (χ3v) is 3.85. The van der Waals surface area contributed by atoms with Crippen LogP contribution in [0.25, 0.3) is 0 Å². The molecule has 0 unspecified atom stereocenters. The van der Waals surface area contributed by atoms with Crippen molar-refractivity contribution in [3.05, 3.63) is 41.0 Å². The zero-order valence-electron chi connectivity index (χ0n) is 13.6. The fourth-order valence-electron chi connectivity index (χ4n) is 2.08. The van der Waals surface area contributed by atoms with Crippen LogP contribution in [0.15, 0.2) is 18.2 Å². The Morgan fingerprint density at radius 1 is 1.00 bits per heavy atom. The lowest BCUT2D eigenvalue weighted by molar-refractivity contribution is -0.292. The molecule has 14 heteroatoms. The Bertz CT molecular complexity index is 871. The van der Waals surface area contributed by atoms with Crippen molar-refractivity contribution in [3.63, 3.8) is 0 Å². The number of aromatic nitrogens is 3. The first-order valence-electron chi connectivity index (χ1n) is 7.18. The molecule has 0 aliphatic carbocycles. The summed E-state index contributed by atoms with van der Waals surface area (Å²) in [6.45, 7) is 0.617. The number of nitrogens with two attached hydrogens (primary N) is 1. The molecule has 0 atom stereocenters. The highest BCUT2D eigenvalue weighted by molar-refractivity contribution is 6.22. The number of hydrogen-bond donors (Lipinski definition) is 1. The van der Waals surface area contributed by atoms with Crippen LogP contribution in [0, 0.1) is 6.92 Å². The fraction of sp³-hybridized carbons (Fsp3) is 0.429. The van der Waals surface area contributed by atoms with Crippen LogP contribution in [-0.2, 0) is 18.4 Å². The number of anilines is 1. The van der Waals surface area contributed by atoms with Crippen LogP contribution in [0.2, 0.25) is 0 Å². The summed E-state index contributed by atoms with van der Waals surface area (Å²) in [7, 11) is 0. The number of aryl methyl sites for hydroxylation is 1. The molecule has 0 saturated carbocycles. The molecule has 2 rings (SSSR count). The highest BCUT2D eigenvalue weighted by atomic mass is 35.5. The number of alkyl halides is 10. The molecule has 2 N–H and O–H groups in total. The number of hydrogen-bond acceptors (Lipinski definition) is 3. The maximum absolute atomic E-state index is 13.9. The van der Waals surface area contributed by atoms with Gasteiger partial charge in [-0.3, -0.25) is 0 Å². The SMILES string of the molecule is Cc1cc(Cn2nc(C(F)(F)C(F)(F)F)nc2C(F)(F)C(F)(F)Cl)ccc1N. The Morgan fingerprint density at radius 2 is 1.57 bits per heavy atom. The first-order valence-corrected chi connectivity index (χ1v) is 7.56. The molecule has 1 aromatic heterocycles. The molecule has 0 spiro atoms. The highest BCUT2D eigenvalue weighted by Gasteiger charge is 2.64. The lowest BCUT2D eigenvalue weighted by Gasteiger charge is -2.20. The van der Waals surface area contributed by atoms with Crippen molar-refractivity contribution in [1.29, 1.82) is 0 Å². The van der Waals surface area contributed by atoms with Crippen LogP contribution < -0.4 is 5.73 Å². The summed E-state index contributed by atoms with van der Waals surface area (Å²) < 4.78 is 118. The lowest BCUT2D eigenvalue weighted by atomic mass is 10.1. The van der Waals surface area contributed by atoms with E-state index in [9.17, 15) is 39.5 Å². The maximum atomic E-state index is 13.9. The molecule has 1 heterocycles. The molecule has 28 heavy (non-hydrogen) atoms. The van der Waals surface area contributed by atoms with Gasteiger partial charge >= 0.3 is 23.4 Å². The fourth-order valence-corrected chi connectivity index (χ4v) is 2.16. The standard InChI is InChI=1S/C14H10ClF9N4/c1-6-4-7(2-3-8(6)25)5-28-10(12(18,19)13(15,20)21)26-9(27-28)11(16,17)14(22,23)24/h2-4H,5,25H2,1H3. The van der Waals surface area contributed by atoms with E-state index in [1.54, 1.807) is 0 Å². The second kappa shape index (κ2) is 6.71. The lowest BCUT2D eigenvalue weighted by Crippen LogP contribution is -2.36. The Hall–Kier alpha value is -2.18. The van der Waals surface area contributed by atoms with Crippen LogP contribution in [-0.4, -0.2) is 26.3 Å². The van der Waals surface area contributed by atoms with Crippen molar-refractivity contribution in [2.75, 3.05) is 5.73 Å². The highest BCUT2D eigenvalue weighted by Crippen LogP contribution is 2.47. The Kier molecular flexibility index (Phi) is 5.30. The van der Waals surface area contributed by atoms with Crippen LogP contribution in [0.1, 0.15) is 22.8 Å². The quantitative estimate of drug-likeness (QED) is 0.413. The molecule has 0 aliphatic rings. The minimum Gasteiger partial charge on any atom is -0.399 e. The predicted octanol–water partition coefficient (Wildman–Crippen LogP) is 4.79. The van der Waals surface area contributed by atoms with E-state index in [0.717, 1.165) is 0 Å². The molecule has 0 bridgehead atoms. The molecule has 156 valence electrons. The van der Waals surface area contributed by atoms with E-state index in [0.29, 0.717) is 5.56 Å². The average Bonchev–Trinajstić information content (AvgIpc) is 2.94. The van der Waals surface area contributed by atoms with Crippen LogP contribution >= 0.6 is 11.6 Å². The first kappa shape index (κ1) is 22.1. The van der Waals surface area contributed by atoms with E-state index < -0.39 is 41.6 Å². The minimum absolute atomic E-state index is 0.0495. The molecule has 0 aliphatic heterocycles. The van der Waals surface area contributed by atoms with Gasteiger partial charge in [0.1, 0.15) is 0 Å². The molecule has 4 nitrogen and oxygen atoms in total. The van der Waals surface area contributed by atoms with Gasteiger partial charge < -0.3 is 5.73 Å². The monoisotopic (exact) mass is 440 g/mol.